The van der Waals surface area contributed by atoms with Gasteiger partial charge in [-0.3, -0.25) is 4.79 Å². The van der Waals surface area contributed by atoms with Gasteiger partial charge in [-0.1, -0.05) is 12.1 Å². The third-order valence-electron chi connectivity index (χ3n) is 4.29. The summed E-state index contributed by atoms with van der Waals surface area (Å²) in [7, 11) is 1.65. The third-order valence-corrected chi connectivity index (χ3v) is 4.29. The topological polar surface area (TPSA) is 67.5 Å². The van der Waals surface area contributed by atoms with Gasteiger partial charge in [0.05, 0.1) is 25.7 Å². The zero-order chi connectivity index (χ0) is 16.8. The summed E-state index contributed by atoms with van der Waals surface area (Å²) in [6.07, 6.45) is 6.09. The molecule has 1 atom stereocenters. The lowest BCUT2D eigenvalue weighted by Gasteiger charge is -2.25. The van der Waals surface area contributed by atoms with Crippen molar-refractivity contribution in [2.24, 2.45) is 0 Å². The van der Waals surface area contributed by atoms with E-state index >= 15 is 0 Å². The number of aromatic nitrogens is 2. The molecule has 1 aromatic carbocycles. The van der Waals surface area contributed by atoms with Crippen LogP contribution in [0.1, 0.15) is 28.9 Å². The Balaban J connectivity index is 1.65. The number of aromatic amines is 1. The van der Waals surface area contributed by atoms with E-state index in [0.29, 0.717) is 18.8 Å². The smallest absolute Gasteiger partial charge is 0.272 e. The van der Waals surface area contributed by atoms with E-state index in [4.69, 9.17) is 9.47 Å². The first-order valence-corrected chi connectivity index (χ1v) is 8.28. The molecule has 1 fully saturated rings. The van der Waals surface area contributed by atoms with Gasteiger partial charge in [-0.2, -0.15) is 0 Å². The number of carbonyl (C=O) groups is 1. The van der Waals surface area contributed by atoms with Crippen LogP contribution in [0.5, 0.6) is 5.75 Å². The van der Waals surface area contributed by atoms with Crippen LogP contribution in [0.2, 0.25) is 0 Å². The number of benzene rings is 1. The van der Waals surface area contributed by atoms with Crippen LogP contribution in [-0.4, -0.2) is 53.7 Å². The molecular formula is C18H23N3O3. The number of ether oxygens (including phenoxy) is 2. The highest BCUT2D eigenvalue weighted by Crippen LogP contribution is 2.16. The van der Waals surface area contributed by atoms with Crippen LogP contribution in [0.25, 0.3) is 0 Å². The second-order valence-electron chi connectivity index (χ2n) is 5.95. The number of imidazole rings is 1. The molecule has 0 bridgehead atoms. The van der Waals surface area contributed by atoms with E-state index in [1.807, 2.05) is 29.2 Å². The first-order chi connectivity index (χ1) is 11.8. The molecule has 6 heteroatoms. The van der Waals surface area contributed by atoms with Crippen molar-refractivity contribution in [3.05, 3.63) is 48.0 Å². The van der Waals surface area contributed by atoms with Gasteiger partial charge in [-0.25, -0.2) is 4.98 Å². The molecule has 1 aliphatic heterocycles. The predicted octanol–water partition coefficient (Wildman–Crippen LogP) is 2.28. The van der Waals surface area contributed by atoms with Gasteiger partial charge in [-0.05, 0) is 37.0 Å². The van der Waals surface area contributed by atoms with Crippen LogP contribution in [0.4, 0.5) is 0 Å². The molecule has 1 saturated heterocycles. The number of amides is 1. The minimum Gasteiger partial charge on any atom is -0.497 e. The van der Waals surface area contributed by atoms with E-state index in [-0.39, 0.29) is 12.0 Å². The molecule has 0 saturated carbocycles. The van der Waals surface area contributed by atoms with Gasteiger partial charge in [0.1, 0.15) is 11.4 Å². The summed E-state index contributed by atoms with van der Waals surface area (Å²) < 4.78 is 10.9. The van der Waals surface area contributed by atoms with E-state index in [1.54, 1.807) is 13.3 Å². The maximum absolute atomic E-state index is 12.7. The summed E-state index contributed by atoms with van der Waals surface area (Å²) in [6.45, 7) is 2.05. The fraction of sp³-hybridized carbons (Fsp3) is 0.444. The maximum Gasteiger partial charge on any atom is 0.272 e. The van der Waals surface area contributed by atoms with Crippen molar-refractivity contribution >= 4 is 5.91 Å². The Kier molecular flexibility index (Phi) is 5.48. The summed E-state index contributed by atoms with van der Waals surface area (Å²) in [5, 5.41) is 0. The first-order valence-electron chi connectivity index (χ1n) is 8.28. The Morgan fingerprint density at radius 2 is 2.25 bits per heavy atom. The summed E-state index contributed by atoms with van der Waals surface area (Å²) in [5.41, 5.74) is 1.69. The molecule has 24 heavy (non-hydrogen) atoms. The minimum absolute atomic E-state index is 0.0310. The Labute approximate surface area is 141 Å². The number of methoxy groups -OCH3 is 1. The molecule has 1 aromatic heterocycles. The fourth-order valence-electron chi connectivity index (χ4n) is 2.91. The summed E-state index contributed by atoms with van der Waals surface area (Å²) in [5.74, 6) is 0.806. The lowest BCUT2D eigenvalue weighted by molar-refractivity contribution is 0.0525. The highest BCUT2D eigenvalue weighted by atomic mass is 16.5. The van der Waals surface area contributed by atoms with Gasteiger partial charge in [0, 0.05) is 19.7 Å². The fourth-order valence-corrected chi connectivity index (χ4v) is 2.91. The maximum atomic E-state index is 12.7. The van der Waals surface area contributed by atoms with Crippen molar-refractivity contribution in [1.82, 2.24) is 14.9 Å². The Hall–Kier alpha value is -2.34. The highest BCUT2D eigenvalue weighted by Gasteiger charge is 2.24. The second-order valence-corrected chi connectivity index (χ2v) is 5.95. The van der Waals surface area contributed by atoms with Crippen LogP contribution in [0.3, 0.4) is 0 Å². The molecular weight excluding hydrogens is 306 g/mol. The van der Waals surface area contributed by atoms with Crippen molar-refractivity contribution in [2.75, 3.05) is 26.8 Å². The minimum atomic E-state index is -0.0310. The average Bonchev–Trinajstić information content (AvgIpc) is 3.32. The number of nitrogens with one attached hydrogen (secondary N) is 1. The molecule has 0 spiro atoms. The SMILES string of the molecule is COc1ccc(CCN(C[C@@H]2CCCO2)C(=O)c2cnc[nH]2)cc1. The molecule has 128 valence electrons. The normalized spacial score (nSPS) is 17.0. The summed E-state index contributed by atoms with van der Waals surface area (Å²) in [4.78, 5) is 21.4. The highest BCUT2D eigenvalue weighted by molar-refractivity contribution is 5.92. The van der Waals surface area contributed by atoms with Gasteiger partial charge in [-0.15, -0.1) is 0 Å². The molecule has 2 aromatic rings. The molecule has 3 rings (SSSR count). The number of hydrogen-bond acceptors (Lipinski definition) is 4. The summed E-state index contributed by atoms with van der Waals surface area (Å²) >= 11 is 0. The molecule has 1 aliphatic rings. The standard InChI is InChI=1S/C18H23N3O3/c1-23-15-6-4-14(5-7-15)8-9-21(12-16-3-2-10-24-16)18(22)17-11-19-13-20-17/h4-7,11,13,16H,2-3,8-10,12H2,1H3,(H,19,20)/t16-/m0/s1. The van der Waals surface area contributed by atoms with Crippen LogP contribution in [-0.2, 0) is 11.2 Å². The van der Waals surface area contributed by atoms with Crippen LogP contribution < -0.4 is 4.74 Å². The van der Waals surface area contributed by atoms with Crippen LogP contribution in [0.15, 0.2) is 36.8 Å². The molecule has 0 radical (unpaired) electrons. The zero-order valence-electron chi connectivity index (χ0n) is 13.9. The Morgan fingerprint density at radius 1 is 1.42 bits per heavy atom. The number of carbonyl (C=O) groups excluding carboxylic acids is 1. The van der Waals surface area contributed by atoms with Crippen molar-refractivity contribution in [2.45, 2.75) is 25.4 Å². The molecule has 6 nitrogen and oxygen atoms in total. The van der Waals surface area contributed by atoms with Gasteiger partial charge >= 0.3 is 0 Å². The lowest BCUT2D eigenvalue weighted by atomic mass is 10.1. The third kappa shape index (κ3) is 4.14. The predicted molar refractivity (Wildman–Crippen MR) is 90.2 cm³/mol. The van der Waals surface area contributed by atoms with Crippen molar-refractivity contribution < 1.29 is 14.3 Å². The zero-order valence-corrected chi connectivity index (χ0v) is 13.9. The van der Waals surface area contributed by atoms with Gasteiger partial charge in [0.2, 0.25) is 0 Å². The quantitative estimate of drug-likeness (QED) is 0.846. The average molecular weight is 329 g/mol. The van der Waals surface area contributed by atoms with Gasteiger partial charge < -0.3 is 19.4 Å². The van der Waals surface area contributed by atoms with Crippen molar-refractivity contribution in [3.63, 3.8) is 0 Å². The monoisotopic (exact) mass is 329 g/mol. The largest absolute Gasteiger partial charge is 0.497 e. The lowest BCUT2D eigenvalue weighted by Crippen LogP contribution is -2.39. The molecule has 2 heterocycles. The van der Waals surface area contributed by atoms with Gasteiger partial charge in [0.15, 0.2) is 0 Å². The van der Waals surface area contributed by atoms with E-state index in [0.717, 1.165) is 31.6 Å². The molecule has 0 aliphatic carbocycles. The van der Waals surface area contributed by atoms with Crippen molar-refractivity contribution in [1.29, 1.82) is 0 Å². The Morgan fingerprint density at radius 3 is 2.88 bits per heavy atom. The number of H-pyrrole nitrogens is 1. The molecule has 1 amide bonds. The van der Waals surface area contributed by atoms with Gasteiger partial charge in [0.25, 0.3) is 5.91 Å². The van der Waals surface area contributed by atoms with Crippen molar-refractivity contribution in [3.8, 4) is 5.75 Å². The second kappa shape index (κ2) is 7.97. The van der Waals surface area contributed by atoms with E-state index in [9.17, 15) is 4.79 Å². The van der Waals surface area contributed by atoms with Crippen LogP contribution in [0, 0.1) is 0 Å². The van der Waals surface area contributed by atoms with E-state index in [2.05, 4.69) is 9.97 Å². The van der Waals surface area contributed by atoms with E-state index < -0.39 is 0 Å². The molecule has 0 unspecified atom stereocenters. The first kappa shape index (κ1) is 16.5. The Bertz CT molecular complexity index is 634. The number of hydrogen-bond donors (Lipinski definition) is 1. The number of nitrogens with zero attached hydrogens (tertiary/aromatic N) is 2. The number of rotatable bonds is 7. The molecule has 1 N–H and O–H groups in total. The summed E-state index contributed by atoms with van der Waals surface area (Å²) in [6, 6.07) is 7.94. The van der Waals surface area contributed by atoms with E-state index in [1.165, 1.54) is 11.9 Å². The van der Waals surface area contributed by atoms with Crippen LogP contribution >= 0.6 is 0 Å².